The molecular formula is C13H13N3O2. The van der Waals surface area contributed by atoms with E-state index in [1.165, 1.54) is 6.92 Å². The lowest BCUT2D eigenvalue weighted by atomic mass is 10.0. The standard InChI is InChI=1S/C13H13N3O2/c1-9(17)12-7-11(8-15-16-14)18-13(12)10-5-3-2-4-6-10/h2-6,11H,7-8H2,1H3. The Kier molecular flexibility index (Phi) is 3.65. The molecule has 5 nitrogen and oxygen atoms in total. The summed E-state index contributed by atoms with van der Waals surface area (Å²) in [7, 11) is 0. The van der Waals surface area contributed by atoms with Crippen LogP contribution in [0, 0.1) is 0 Å². The van der Waals surface area contributed by atoms with Crippen molar-refractivity contribution in [1.82, 2.24) is 0 Å². The van der Waals surface area contributed by atoms with Gasteiger partial charge in [-0.05, 0) is 12.5 Å². The van der Waals surface area contributed by atoms with Crippen LogP contribution in [0.3, 0.4) is 0 Å². The van der Waals surface area contributed by atoms with Crippen LogP contribution < -0.4 is 0 Å². The van der Waals surface area contributed by atoms with Crippen LogP contribution in [0.25, 0.3) is 16.2 Å². The average Bonchev–Trinajstić information content (AvgIpc) is 2.82. The molecule has 1 heterocycles. The number of hydrogen-bond donors (Lipinski definition) is 0. The summed E-state index contributed by atoms with van der Waals surface area (Å²) in [5, 5.41) is 3.49. The lowest BCUT2D eigenvalue weighted by molar-refractivity contribution is -0.113. The van der Waals surface area contributed by atoms with Gasteiger partial charge in [0.15, 0.2) is 5.78 Å². The van der Waals surface area contributed by atoms with Crippen molar-refractivity contribution >= 4 is 11.5 Å². The van der Waals surface area contributed by atoms with Gasteiger partial charge in [0.1, 0.15) is 11.9 Å². The molecule has 2 rings (SSSR count). The molecule has 1 aromatic rings. The maximum Gasteiger partial charge on any atom is 0.159 e. The number of carbonyl (C=O) groups excluding carboxylic acids is 1. The quantitative estimate of drug-likeness (QED) is 0.463. The van der Waals surface area contributed by atoms with Crippen molar-refractivity contribution in [2.45, 2.75) is 19.4 Å². The van der Waals surface area contributed by atoms with E-state index in [0.717, 1.165) is 5.56 Å². The van der Waals surface area contributed by atoms with Crippen LogP contribution in [-0.2, 0) is 9.53 Å². The van der Waals surface area contributed by atoms with E-state index in [2.05, 4.69) is 10.0 Å². The Bertz CT molecular complexity index is 530. The Labute approximate surface area is 105 Å². The fourth-order valence-corrected chi connectivity index (χ4v) is 1.96. The highest BCUT2D eigenvalue weighted by molar-refractivity contribution is 6.00. The fraction of sp³-hybridized carbons (Fsp3) is 0.308. The maximum atomic E-state index is 11.6. The summed E-state index contributed by atoms with van der Waals surface area (Å²) in [5.74, 6) is 0.610. The Morgan fingerprint density at radius 1 is 1.50 bits per heavy atom. The van der Waals surface area contributed by atoms with Gasteiger partial charge in [0.2, 0.25) is 0 Å². The second kappa shape index (κ2) is 5.38. The Morgan fingerprint density at radius 3 is 2.83 bits per heavy atom. The first-order valence-corrected chi connectivity index (χ1v) is 5.69. The minimum atomic E-state index is -0.241. The monoisotopic (exact) mass is 243 g/mol. The third-order valence-corrected chi connectivity index (χ3v) is 2.80. The van der Waals surface area contributed by atoms with Gasteiger partial charge in [0.25, 0.3) is 0 Å². The third-order valence-electron chi connectivity index (χ3n) is 2.80. The molecule has 0 N–H and O–H groups in total. The summed E-state index contributed by atoms with van der Waals surface area (Å²) in [4.78, 5) is 14.3. The zero-order chi connectivity index (χ0) is 13.0. The van der Waals surface area contributed by atoms with E-state index in [4.69, 9.17) is 10.3 Å². The van der Waals surface area contributed by atoms with E-state index in [-0.39, 0.29) is 18.4 Å². The number of hydrogen-bond acceptors (Lipinski definition) is 3. The molecule has 1 aliphatic heterocycles. The number of Topliss-reactive ketones (excluding diaryl/α,β-unsaturated/α-hetero) is 1. The van der Waals surface area contributed by atoms with Gasteiger partial charge in [-0.25, -0.2) is 0 Å². The molecule has 0 saturated carbocycles. The molecule has 5 heteroatoms. The maximum absolute atomic E-state index is 11.6. The zero-order valence-corrected chi connectivity index (χ0v) is 10.0. The molecule has 0 aliphatic carbocycles. The van der Waals surface area contributed by atoms with Crippen molar-refractivity contribution < 1.29 is 9.53 Å². The van der Waals surface area contributed by atoms with Gasteiger partial charge in [0, 0.05) is 22.5 Å². The highest BCUT2D eigenvalue weighted by Gasteiger charge is 2.28. The van der Waals surface area contributed by atoms with Gasteiger partial charge >= 0.3 is 0 Å². The largest absolute Gasteiger partial charge is 0.489 e. The van der Waals surface area contributed by atoms with E-state index in [1.807, 2.05) is 30.3 Å². The molecule has 1 atom stereocenters. The van der Waals surface area contributed by atoms with Gasteiger partial charge in [-0.15, -0.1) is 0 Å². The number of ketones is 1. The first-order chi connectivity index (χ1) is 8.72. The van der Waals surface area contributed by atoms with E-state index in [1.54, 1.807) is 0 Å². The summed E-state index contributed by atoms with van der Waals surface area (Å²) in [6, 6.07) is 9.49. The summed E-state index contributed by atoms with van der Waals surface area (Å²) in [5.41, 5.74) is 9.85. The molecule has 0 bridgehead atoms. The van der Waals surface area contributed by atoms with Gasteiger partial charge in [0.05, 0.1) is 6.54 Å². The van der Waals surface area contributed by atoms with Crippen LogP contribution in [0.1, 0.15) is 18.9 Å². The average molecular weight is 243 g/mol. The number of rotatable bonds is 4. The Hall–Kier alpha value is -2.26. The Balaban J connectivity index is 2.27. The van der Waals surface area contributed by atoms with E-state index in [9.17, 15) is 4.79 Å². The predicted octanol–water partition coefficient (Wildman–Crippen LogP) is 3.09. The molecule has 1 aromatic carbocycles. The minimum absolute atomic E-state index is 0.00251. The first-order valence-electron chi connectivity index (χ1n) is 5.69. The lowest BCUT2D eigenvalue weighted by Gasteiger charge is -2.10. The molecule has 92 valence electrons. The molecule has 1 aliphatic rings. The highest BCUT2D eigenvalue weighted by atomic mass is 16.5. The molecule has 0 saturated heterocycles. The molecule has 0 amide bonds. The van der Waals surface area contributed by atoms with Crippen molar-refractivity contribution in [3.8, 4) is 0 Å². The van der Waals surface area contributed by atoms with Crippen LogP contribution >= 0.6 is 0 Å². The molecule has 18 heavy (non-hydrogen) atoms. The van der Waals surface area contributed by atoms with Crippen LogP contribution in [0.5, 0.6) is 0 Å². The Morgan fingerprint density at radius 2 is 2.22 bits per heavy atom. The van der Waals surface area contributed by atoms with Crippen molar-refractivity contribution in [1.29, 1.82) is 0 Å². The molecule has 0 spiro atoms. The van der Waals surface area contributed by atoms with Crippen molar-refractivity contribution in [3.05, 3.63) is 51.9 Å². The second-order valence-electron chi connectivity index (χ2n) is 4.09. The number of nitrogens with zero attached hydrogens (tertiary/aromatic N) is 3. The fourth-order valence-electron chi connectivity index (χ4n) is 1.96. The van der Waals surface area contributed by atoms with Crippen LogP contribution in [0.4, 0.5) is 0 Å². The summed E-state index contributed by atoms with van der Waals surface area (Å²) in [6.45, 7) is 1.77. The van der Waals surface area contributed by atoms with Crippen molar-refractivity contribution in [2.75, 3.05) is 6.54 Å². The smallest absolute Gasteiger partial charge is 0.159 e. The normalized spacial score (nSPS) is 18.2. The summed E-state index contributed by atoms with van der Waals surface area (Å²) >= 11 is 0. The van der Waals surface area contributed by atoms with Crippen LogP contribution in [0.15, 0.2) is 41.0 Å². The summed E-state index contributed by atoms with van der Waals surface area (Å²) in [6.07, 6.45) is 0.258. The summed E-state index contributed by atoms with van der Waals surface area (Å²) < 4.78 is 5.72. The van der Waals surface area contributed by atoms with Crippen LogP contribution in [0.2, 0.25) is 0 Å². The van der Waals surface area contributed by atoms with Crippen LogP contribution in [-0.4, -0.2) is 18.4 Å². The third kappa shape index (κ3) is 2.52. The number of carbonyl (C=O) groups is 1. The predicted molar refractivity (Wildman–Crippen MR) is 67.5 cm³/mol. The van der Waals surface area contributed by atoms with Gasteiger partial charge < -0.3 is 4.74 Å². The molecule has 0 aromatic heterocycles. The van der Waals surface area contributed by atoms with E-state index in [0.29, 0.717) is 17.8 Å². The number of ether oxygens (including phenoxy) is 1. The first kappa shape index (κ1) is 12.2. The second-order valence-corrected chi connectivity index (χ2v) is 4.09. The number of benzene rings is 1. The molecule has 0 fully saturated rings. The zero-order valence-electron chi connectivity index (χ0n) is 10.0. The van der Waals surface area contributed by atoms with Crippen molar-refractivity contribution in [2.24, 2.45) is 5.11 Å². The molecular weight excluding hydrogens is 230 g/mol. The SMILES string of the molecule is CC(=O)C1=C(c2ccccc2)OC(CN=[N+]=[N-])C1. The number of azide groups is 1. The van der Waals surface area contributed by atoms with E-state index >= 15 is 0 Å². The van der Waals surface area contributed by atoms with Crippen molar-refractivity contribution in [3.63, 3.8) is 0 Å². The van der Waals surface area contributed by atoms with E-state index < -0.39 is 0 Å². The lowest BCUT2D eigenvalue weighted by Crippen LogP contribution is -2.10. The molecule has 1 unspecified atom stereocenters. The van der Waals surface area contributed by atoms with Gasteiger partial charge in [-0.2, -0.15) is 0 Å². The molecule has 0 radical (unpaired) electrons. The van der Waals surface area contributed by atoms with Gasteiger partial charge in [-0.3, -0.25) is 4.79 Å². The highest BCUT2D eigenvalue weighted by Crippen LogP contribution is 2.33. The van der Waals surface area contributed by atoms with Gasteiger partial charge in [-0.1, -0.05) is 35.4 Å². The minimum Gasteiger partial charge on any atom is -0.489 e. The topological polar surface area (TPSA) is 75.1 Å².